The number of halogens is 1. The number of fused-ring (bicyclic) bond motifs is 1. The molecule has 4 nitrogen and oxygen atoms in total. The van der Waals surface area contributed by atoms with Gasteiger partial charge >= 0.3 is 0 Å². The summed E-state index contributed by atoms with van der Waals surface area (Å²) in [7, 11) is 3.94. The fourth-order valence-electron chi connectivity index (χ4n) is 1.88. The van der Waals surface area contributed by atoms with E-state index in [-0.39, 0.29) is 5.56 Å². The summed E-state index contributed by atoms with van der Waals surface area (Å²) in [5, 5.41) is 0.648. The summed E-state index contributed by atoms with van der Waals surface area (Å²) in [6.07, 6.45) is 5.40. The molecule has 3 rings (SSSR count). The van der Waals surface area contributed by atoms with Crippen molar-refractivity contribution in [1.82, 2.24) is 9.55 Å². The zero-order valence-electron chi connectivity index (χ0n) is 8.27. The second kappa shape index (κ2) is 3.55. The highest BCUT2D eigenvalue weighted by atomic mass is 35.7. The van der Waals surface area contributed by atoms with Gasteiger partial charge in [0.1, 0.15) is 15.9 Å². The van der Waals surface area contributed by atoms with Gasteiger partial charge in [-0.3, -0.25) is 4.79 Å². The molecule has 0 spiro atoms. The van der Waals surface area contributed by atoms with Crippen molar-refractivity contribution in [3.05, 3.63) is 28.8 Å². The number of aromatic nitrogens is 2. The summed E-state index contributed by atoms with van der Waals surface area (Å²) in [4.78, 5) is 15.4. The van der Waals surface area contributed by atoms with Crippen molar-refractivity contribution in [2.24, 2.45) is 0 Å². The molecule has 2 aromatic heterocycles. The summed E-state index contributed by atoms with van der Waals surface area (Å²) in [6.45, 7) is 0. The Morgan fingerprint density at radius 3 is 2.94 bits per heavy atom. The predicted molar refractivity (Wildman–Crippen MR) is 63.1 cm³/mol. The van der Waals surface area contributed by atoms with Crippen LogP contribution in [-0.4, -0.2) is 14.1 Å². The quantitative estimate of drug-likeness (QED) is 0.835. The van der Waals surface area contributed by atoms with E-state index >= 15 is 0 Å². The van der Waals surface area contributed by atoms with Gasteiger partial charge in [-0.1, -0.05) is 0 Å². The molecule has 1 unspecified atom stereocenters. The van der Waals surface area contributed by atoms with Crippen molar-refractivity contribution < 1.29 is 4.55 Å². The number of H-pyrrole nitrogens is 1. The van der Waals surface area contributed by atoms with Crippen molar-refractivity contribution >= 4 is 32.0 Å². The molecule has 1 fully saturated rings. The maximum absolute atomic E-state index is 12.0. The Kier molecular flexibility index (Phi) is 2.27. The molecule has 2 aromatic rings. The minimum atomic E-state index is -1.59. The Morgan fingerprint density at radius 1 is 1.56 bits per heavy atom. The van der Waals surface area contributed by atoms with Gasteiger partial charge in [0, 0.05) is 12.2 Å². The summed E-state index contributed by atoms with van der Waals surface area (Å²) < 4.78 is 12.9. The first-order valence-corrected chi connectivity index (χ1v) is 6.96. The Bertz CT molecular complexity index is 600. The lowest BCUT2D eigenvalue weighted by molar-refractivity contribution is 0.609. The average Bonchev–Trinajstić information content (AvgIpc) is 2.97. The maximum atomic E-state index is 12.0. The first-order valence-electron chi connectivity index (χ1n) is 4.99. The molecule has 84 valence electrons. The van der Waals surface area contributed by atoms with Gasteiger partial charge in [0.2, 0.25) is 0 Å². The first kappa shape index (κ1) is 10.3. The highest BCUT2D eigenvalue weighted by molar-refractivity contribution is 8.14. The molecule has 0 bridgehead atoms. The van der Waals surface area contributed by atoms with Gasteiger partial charge < -0.3 is 14.1 Å². The third-order valence-electron chi connectivity index (χ3n) is 2.85. The zero-order chi connectivity index (χ0) is 11.3. The standard InChI is InChI=1S/C10H9ClN2O2S/c11-16(15)8-5-12-9-7(8)3-4-13(10(9)14)6-1-2-6/h3-6,12H,1-2H2. The molecule has 0 aromatic carbocycles. The van der Waals surface area contributed by atoms with Gasteiger partial charge in [-0.15, -0.1) is 0 Å². The molecule has 1 aliphatic rings. The highest BCUT2D eigenvalue weighted by Crippen LogP contribution is 2.34. The molecule has 6 heteroatoms. The lowest BCUT2D eigenvalue weighted by Crippen LogP contribution is -2.18. The van der Waals surface area contributed by atoms with Gasteiger partial charge in [0.25, 0.3) is 5.56 Å². The number of pyridine rings is 1. The van der Waals surface area contributed by atoms with Gasteiger partial charge in [0.05, 0.1) is 11.6 Å². The van der Waals surface area contributed by atoms with Crippen LogP contribution in [0.15, 0.2) is 28.2 Å². The summed E-state index contributed by atoms with van der Waals surface area (Å²) in [5.74, 6) is 0. The summed E-state index contributed by atoms with van der Waals surface area (Å²) in [5.41, 5.74) is 0.423. The Hall–Kier alpha value is -0.910. The number of hydrogen-bond acceptors (Lipinski definition) is 2. The SMILES string of the molecule is O=c1c2[nH]cc([S+]([O-])Cl)c2ccn1C1CC1. The Morgan fingerprint density at radius 2 is 2.31 bits per heavy atom. The van der Waals surface area contributed by atoms with E-state index in [9.17, 15) is 9.35 Å². The summed E-state index contributed by atoms with van der Waals surface area (Å²) in [6, 6.07) is 2.13. The number of rotatable bonds is 2. The third-order valence-corrected chi connectivity index (χ3v) is 4.03. The van der Waals surface area contributed by atoms with Crippen LogP contribution < -0.4 is 5.56 Å². The first-order chi connectivity index (χ1) is 7.68. The van der Waals surface area contributed by atoms with Gasteiger partial charge in [0.15, 0.2) is 15.6 Å². The number of nitrogens with one attached hydrogen (secondary N) is 1. The third kappa shape index (κ3) is 1.47. The smallest absolute Gasteiger partial charge is 0.275 e. The van der Waals surface area contributed by atoms with Crippen molar-refractivity contribution in [2.75, 3.05) is 0 Å². The van der Waals surface area contributed by atoms with E-state index in [1.165, 1.54) is 6.20 Å². The van der Waals surface area contributed by atoms with Crippen LogP contribution >= 0.6 is 10.7 Å². The molecule has 0 radical (unpaired) electrons. The molecule has 0 aliphatic heterocycles. The minimum absolute atomic E-state index is 0.0617. The van der Waals surface area contributed by atoms with Crippen molar-refractivity contribution in [3.8, 4) is 0 Å². The van der Waals surface area contributed by atoms with E-state index in [2.05, 4.69) is 4.98 Å². The molecule has 1 atom stereocenters. The van der Waals surface area contributed by atoms with Crippen LogP contribution in [0.4, 0.5) is 0 Å². The van der Waals surface area contributed by atoms with E-state index in [4.69, 9.17) is 10.7 Å². The van der Waals surface area contributed by atoms with E-state index in [0.29, 0.717) is 21.8 Å². The normalized spacial score (nSPS) is 17.9. The van der Waals surface area contributed by atoms with Gasteiger partial charge in [-0.2, -0.15) is 0 Å². The van der Waals surface area contributed by atoms with Crippen LogP contribution in [0, 0.1) is 0 Å². The molecule has 1 saturated carbocycles. The van der Waals surface area contributed by atoms with Crippen LogP contribution in [-0.2, 0) is 10.4 Å². The van der Waals surface area contributed by atoms with Gasteiger partial charge in [-0.25, -0.2) is 0 Å². The lowest BCUT2D eigenvalue weighted by atomic mass is 10.3. The molecular formula is C10H9ClN2O2S. The molecule has 0 amide bonds. The Labute approximate surface area is 98.9 Å². The fraction of sp³-hybridized carbons (Fsp3) is 0.300. The van der Waals surface area contributed by atoms with Crippen LogP contribution in [0.5, 0.6) is 0 Å². The van der Waals surface area contributed by atoms with E-state index in [1.54, 1.807) is 16.8 Å². The van der Waals surface area contributed by atoms with Crippen molar-refractivity contribution in [1.29, 1.82) is 0 Å². The molecule has 1 aliphatic carbocycles. The van der Waals surface area contributed by atoms with Crippen LogP contribution in [0.3, 0.4) is 0 Å². The average molecular weight is 257 g/mol. The zero-order valence-corrected chi connectivity index (χ0v) is 9.85. The fourth-order valence-corrected chi connectivity index (χ4v) is 2.76. The molecule has 1 N–H and O–H groups in total. The monoisotopic (exact) mass is 256 g/mol. The van der Waals surface area contributed by atoms with Crippen molar-refractivity contribution in [3.63, 3.8) is 0 Å². The number of hydrogen-bond donors (Lipinski definition) is 1. The Balaban J connectivity index is 2.26. The number of nitrogens with zero attached hydrogens (tertiary/aromatic N) is 1. The molecule has 2 heterocycles. The van der Waals surface area contributed by atoms with Crippen LogP contribution in [0.25, 0.3) is 10.9 Å². The maximum Gasteiger partial charge on any atom is 0.275 e. The van der Waals surface area contributed by atoms with E-state index in [0.717, 1.165) is 12.8 Å². The highest BCUT2D eigenvalue weighted by Gasteiger charge is 2.26. The topological polar surface area (TPSA) is 60.9 Å². The van der Waals surface area contributed by atoms with Crippen molar-refractivity contribution in [2.45, 2.75) is 23.8 Å². The van der Waals surface area contributed by atoms with Crippen LogP contribution in [0.2, 0.25) is 0 Å². The van der Waals surface area contributed by atoms with E-state index < -0.39 is 10.4 Å². The second-order valence-corrected chi connectivity index (χ2v) is 5.65. The summed E-state index contributed by atoms with van der Waals surface area (Å²) >= 11 is 0. The molecule has 16 heavy (non-hydrogen) atoms. The molecule has 0 saturated heterocycles. The predicted octanol–water partition coefficient (Wildman–Crippen LogP) is 1.93. The minimum Gasteiger partial charge on any atom is -0.594 e. The number of aromatic amines is 1. The molecular weight excluding hydrogens is 248 g/mol. The van der Waals surface area contributed by atoms with E-state index in [1.807, 2.05) is 0 Å². The van der Waals surface area contributed by atoms with Crippen LogP contribution in [0.1, 0.15) is 18.9 Å². The largest absolute Gasteiger partial charge is 0.594 e. The van der Waals surface area contributed by atoms with Gasteiger partial charge in [-0.05, 0) is 18.9 Å². The lowest BCUT2D eigenvalue weighted by Gasteiger charge is -2.02. The second-order valence-electron chi connectivity index (χ2n) is 3.92.